The molecule has 1 aromatic carbocycles. The highest BCUT2D eigenvalue weighted by molar-refractivity contribution is 6.17. The molecule has 0 aromatic heterocycles. The Balaban J connectivity index is 2.51. The van der Waals surface area contributed by atoms with Crippen molar-refractivity contribution in [1.82, 2.24) is 5.32 Å². The van der Waals surface area contributed by atoms with Gasteiger partial charge in [0, 0.05) is 18.5 Å². The summed E-state index contributed by atoms with van der Waals surface area (Å²) in [7, 11) is 0. The topological polar surface area (TPSA) is 12.0 Å². The predicted molar refractivity (Wildman–Crippen MR) is 76.8 cm³/mol. The van der Waals surface area contributed by atoms with Crippen molar-refractivity contribution < 1.29 is 0 Å². The standard InChI is InChI=1S/C15H24ClN/c1-12(9-10-16)17-11-13-5-7-14(8-6-13)15(2,3)4/h5-8,12,17H,9-11H2,1-4H3. The second-order valence-corrected chi connectivity index (χ2v) is 6.08. The Labute approximate surface area is 111 Å². The molecule has 0 fully saturated rings. The van der Waals surface area contributed by atoms with Gasteiger partial charge in [-0.1, -0.05) is 45.0 Å². The zero-order valence-corrected chi connectivity index (χ0v) is 12.1. The highest BCUT2D eigenvalue weighted by Gasteiger charge is 2.12. The van der Waals surface area contributed by atoms with Crippen LogP contribution < -0.4 is 5.32 Å². The minimum absolute atomic E-state index is 0.234. The van der Waals surface area contributed by atoms with Crippen LogP contribution >= 0.6 is 11.6 Å². The second kappa shape index (κ2) is 6.42. The Bertz CT molecular complexity index is 324. The van der Waals surface area contributed by atoms with Crippen LogP contribution in [0.25, 0.3) is 0 Å². The average molecular weight is 254 g/mol. The summed E-state index contributed by atoms with van der Waals surface area (Å²) < 4.78 is 0. The lowest BCUT2D eigenvalue weighted by Gasteiger charge is -2.19. The molecule has 1 N–H and O–H groups in total. The fourth-order valence-electron chi connectivity index (χ4n) is 1.68. The van der Waals surface area contributed by atoms with Crippen molar-refractivity contribution in [3.05, 3.63) is 35.4 Å². The molecule has 17 heavy (non-hydrogen) atoms. The van der Waals surface area contributed by atoms with Crippen LogP contribution in [-0.4, -0.2) is 11.9 Å². The van der Waals surface area contributed by atoms with Crippen LogP contribution in [0.4, 0.5) is 0 Å². The summed E-state index contributed by atoms with van der Waals surface area (Å²) in [5.74, 6) is 0.719. The molecule has 1 aromatic rings. The summed E-state index contributed by atoms with van der Waals surface area (Å²) in [6.45, 7) is 9.81. The molecule has 0 saturated carbocycles. The Kier molecular flexibility index (Phi) is 5.48. The van der Waals surface area contributed by atoms with Gasteiger partial charge < -0.3 is 5.32 Å². The Hall–Kier alpha value is -0.530. The van der Waals surface area contributed by atoms with Gasteiger partial charge in [0.2, 0.25) is 0 Å². The van der Waals surface area contributed by atoms with Gasteiger partial charge in [-0.15, -0.1) is 11.6 Å². The first-order chi connectivity index (χ1) is 7.93. The number of nitrogens with one attached hydrogen (secondary N) is 1. The zero-order chi connectivity index (χ0) is 12.9. The number of halogens is 1. The van der Waals surface area contributed by atoms with Crippen molar-refractivity contribution in [3.63, 3.8) is 0 Å². The lowest BCUT2D eigenvalue weighted by atomic mass is 9.87. The van der Waals surface area contributed by atoms with E-state index in [9.17, 15) is 0 Å². The van der Waals surface area contributed by atoms with Gasteiger partial charge in [-0.3, -0.25) is 0 Å². The van der Waals surface area contributed by atoms with Crippen molar-refractivity contribution in [2.45, 2.75) is 52.1 Å². The predicted octanol–water partition coefficient (Wildman–Crippen LogP) is 4.09. The first kappa shape index (κ1) is 14.5. The SMILES string of the molecule is CC(CCCl)NCc1ccc(C(C)(C)C)cc1. The number of hydrogen-bond donors (Lipinski definition) is 1. The van der Waals surface area contributed by atoms with E-state index in [-0.39, 0.29) is 5.41 Å². The number of hydrogen-bond acceptors (Lipinski definition) is 1. The van der Waals surface area contributed by atoms with Crippen molar-refractivity contribution >= 4 is 11.6 Å². The van der Waals surface area contributed by atoms with Crippen molar-refractivity contribution in [2.75, 3.05) is 5.88 Å². The molecule has 0 spiro atoms. The largest absolute Gasteiger partial charge is 0.310 e. The quantitative estimate of drug-likeness (QED) is 0.780. The van der Waals surface area contributed by atoms with Crippen LogP contribution in [0.3, 0.4) is 0 Å². The molecular formula is C15H24ClN. The van der Waals surface area contributed by atoms with E-state index in [2.05, 4.69) is 57.3 Å². The molecule has 0 saturated heterocycles. The van der Waals surface area contributed by atoms with E-state index < -0.39 is 0 Å². The highest BCUT2D eigenvalue weighted by atomic mass is 35.5. The maximum absolute atomic E-state index is 5.71. The molecule has 1 unspecified atom stereocenters. The molecule has 0 aliphatic heterocycles. The Morgan fingerprint density at radius 2 is 1.76 bits per heavy atom. The normalized spacial score (nSPS) is 13.7. The monoisotopic (exact) mass is 253 g/mol. The summed E-state index contributed by atoms with van der Waals surface area (Å²) in [6.07, 6.45) is 1.02. The molecule has 1 atom stereocenters. The summed E-state index contributed by atoms with van der Waals surface area (Å²) >= 11 is 5.71. The molecule has 0 aliphatic carbocycles. The van der Waals surface area contributed by atoms with Crippen LogP contribution in [0.15, 0.2) is 24.3 Å². The smallest absolute Gasteiger partial charge is 0.0238 e. The third-order valence-electron chi connectivity index (χ3n) is 3.02. The second-order valence-electron chi connectivity index (χ2n) is 5.71. The Morgan fingerprint density at radius 3 is 2.24 bits per heavy atom. The van der Waals surface area contributed by atoms with Gasteiger partial charge in [-0.2, -0.15) is 0 Å². The molecule has 0 amide bonds. The van der Waals surface area contributed by atoms with Crippen LogP contribution in [0.5, 0.6) is 0 Å². The first-order valence-electron chi connectivity index (χ1n) is 6.32. The van der Waals surface area contributed by atoms with Crippen LogP contribution in [0.1, 0.15) is 45.2 Å². The third-order valence-corrected chi connectivity index (χ3v) is 3.23. The molecule has 1 nitrogen and oxygen atoms in total. The molecule has 0 aliphatic rings. The van der Waals surface area contributed by atoms with E-state index in [0.717, 1.165) is 18.8 Å². The molecular weight excluding hydrogens is 230 g/mol. The molecule has 1 rings (SSSR count). The number of benzene rings is 1. The highest BCUT2D eigenvalue weighted by Crippen LogP contribution is 2.22. The maximum Gasteiger partial charge on any atom is 0.0238 e. The average Bonchev–Trinajstić information content (AvgIpc) is 2.26. The first-order valence-corrected chi connectivity index (χ1v) is 6.85. The van der Waals surface area contributed by atoms with Gasteiger partial charge in [0.15, 0.2) is 0 Å². The van der Waals surface area contributed by atoms with Gasteiger partial charge in [0.05, 0.1) is 0 Å². The van der Waals surface area contributed by atoms with Crippen molar-refractivity contribution in [1.29, 1.82) is 0 Å². The van der Waals surface area contributed by atoms with Crippen LogP contribution in [-0.2, 0) is 12.0 Å². The summed E-state index contributed by atoms with van der Waals surface area (Å²) in [6, 6.07) is 9.35. The van der Waals surface area contributed by atoms with Gasteiger partial charge in [-0.25, -0.2) is 0 Å². The molecule has 2 heteroatoms. The Morgan fingerprint density at radius 1 is 1.18 bits per heavy atom. The van der Waals surface area contributed by atoms with E-state index in [1.807, 2.05) is 0 Å². The lowest BCUT2D eigenvalue weighted by Crippen LogP contribution is -2.25. The lowest BCUT2D eigenvalue weighted by molar-refractivity contribution is 0.535. The summed E-state index contributed by atoms with van der Waals surface area (Å²) in [5, 5.41) is 3.47. The van der Waals surface area contributed by atoms with Gasteiger partial charge in [-0.05, 0) is 29.9 Å². The molecule has 0 heterocycles. The van der Waals surface area contributed by atoms with Crippen LogP contribution in [0, 0.1) is 0 Å². The molecule has 0 radical (unpaired) electrons. The van der Waals surface area contributed by atoms with Gasteiger partial charge >= 0.3 is 0 Å². The van der Waals surface area contributed by atoms with E-state index in [4.69, 9.17) is 11.6 Å². The third kappa shape index (κ3) is 5.10. The maximum atomic E-state index is 5.71. The van der Waals surface area contributed by atoms with E-state index in [1.54, 1.807) is 0 Å². The minimum atomic E-state index is 0.234. The van der Waals surface area contributed by atoms with E-state index in [1.165, 1.54) is 11.1 Å². The zero-order valence-electron chi connectivity index (χ0n) is 11.4. The van der Waals surface area contributed by atoms with E-state index >= 15 is 0 Å². The number of alkyl halides is 1. The fourth-order valence-corrected chi connectivity index (χ4v) is 2.01. The van der Waals surface area contributed by atoms with E-state index in [0.29, 0.717) is 6.04 Å². The molecule has 0 bridgehead atoms. The summed E-state index contributed by atoms with van der Waals surface area (Å²) in [5.41, 5.74) is 2.95. The van der Waals surface area contributed by atoms with Crippen molar-refractivity contribution in [3.8, 4) is 0 Å². The molecule has 96 valence electrons. The van der Waals surface area contributed by atoms with Crippen molar-refractivity contribution in [2.24, 2.45) is 0 Å². The van der Waals surface area contributed by atoms with Gasteiger partial charge in [0.1, 0.15) is 0 Å². The number of rotatable bonds is 5. The minimum Gasteiger partial charge on any atom is -0.310 e. The summed E-state index contributed by atoms with van der Waals surface area (Å²) in [4.78, 5) is 0. The van der Waals surface area contributed by atoms with Crippen LogP contribution in [0.2, 0.25) is 0 Å². The fraction of sp³-hybridized carbons (Fsp3) is 0.600. The van der Waals surface area contributed by atoms with Gasteiger partial charge in [0.25, 0.3) is 0 Å².